The number of nitrogens with one attached hydrogen (secondary N) is 1. The van der Waals surface area contributed by atoms with E-state index < -0.39 is 8.07 Å². The highest BCUT2D eigenvalue weighted by atomic mass is 28.3. The molecule has 3 aliphatic rings. The summed E-state index contributed by atoms with van der Waals surface area (Å²) in [5, 5.41) is 3.82. The molecular weight excluding hydrogens is 238 g/mol. The third kappa shape index (κ3) is 2.99. The van der Waals surface area contributed by atoms with E-state index in [-0.39, 0.29) is 0 Å². The first-order valence-electron chi connectivity index (χ1n) is 7.84. The second-order valence-electron chi connectivity index (χ2n) is 8.13. The summed E-state index contributed by atoms with van der Waals surface area (Å²) in [4.78, 5) is 0. The van der Waals surface area contributed by atoms with Crippen LogP contribution in [0.2, 0.25) is 25.7 Å². The molecule has 1 saturated heterocycles. The normalized spacial score (nSPS) is 37.2. The lowest BCUT2D eigenvalue weighted by Crippen LogP contribution is -2.46. The molecule has 0 spiro atoms. The first-order valence-corrected chi connectivity index (χ1v) is 11.5. The zero-order valence-electron chi connectivity index (χ0n) is 12.3. The zero-order valence-corrected chi connectivity index (χ0v) is 13.3. The molecule has 3 heteroatoms. The van der Waals surface area contributed by atoms with Crippen molar-refractivity contribution in [1.82, 2.24) is 5.32 Å². The van der Waals surface area contributed by atoms with Gasteiger partial charge in [-0.15, -0.1) is 0 Å². The van der Waals surface area contributed by atoms with Crippen molar-refractivity contribution >= 4 is 8.07 Å². The van der Waals surface area contributed by atoms with Gasteiger partial charge in [-0.3, -0.25) is 0 Å². The van der Waals surface area contributed by atoms with Gasteiger partial charge < -0.3 is 10.1 Å². The fourth-order valence-corrected chi connectivity index (χ4v) is 6.49. The zero-order chi connectivity index (χ0) is 12.8. The van der Waals surface area contributed by atoms with Gasteiger partial charge in [-0.2, -0.15) is 0 Å². The van der Waals surface area contributed by atoms with E-state index in [0.717, 1.165) is 18.6 Å². The van der Waals surface area contributed by atoms with Gasteiger partial charge in [0.2, 0.25) is 0 Å². The Kier molecular flexibility index (Phi) is 3.36. The van der Waals surface area contributed by atoms with Gasteiger partial charge in [-0.25, -0.2) is 0 Å². The molecule has 0 aromatic rings. The SMILES string of the molecule is C[Si](C)(C)CC1(CNC2CC2)CCOC1C1CC1. The smallest absolute Gasteiger partial charge is 0.0669 e. The van der Waals surface area contributed by atoms with E-state index in [1.165, 1.54) is 44.7 Å². The Bertz CT molecular complexity index is 306. The number of rotatable bonds is 6. The molecule has 1 aliphatic heterocycles. The molecule has 0 aromatic heterocycles. The summed E-state index contributed by atoms with van der Waals surface area (Å²) in [6.07, 6.45) is 7.52. The molecule has 2 unspecified atom stereocenters. The van der Waals surface area contributed by atoms with E-state index in [1.54, 1.807) is 0 Å². The monoisotopic (exact) mass is 267 g/mol. The fraction of sp³-hybridized carbons (Fsp3) is 1.00. The summed E-state index contributed by atoms with van der Waals surface area (Å²) in [6.45, 7) is 9.80. The van der Waals surface area contributed by atoms with E-state index >= 15 is 0 Å². The Morgan fingerprint density at radius 3 is 2.44 bits per heavy atom. The summed E-state index contributed by atoms with van der Waals surface area (Å²) in [5.41, 5.74) is 0.480. The van der Waals surface area contributed by atoms with E-state index in [2.05, 4.69) is 25.0 Å². The summed E-state index contributed by atoms with van der Waals surface area (Å²) in [5.74, 6) is 0.893. The van der Waals surface area contributed by atoms with Crippen molar-refractivity contribution in [3.05, 3.63) is 0 Å². The third-order valence-electron chi connectivity index (χ3n) is 4.75. The van der Waals surface area contributed by atoms with Crippen molar-refractivity contribution in [2.45, 2.75) is 69.9 Å². The van der Waals surface area contributed by atoms with Crippen molar-refractivity contribution in [2.75, 3.05) is 13.2 Å². The van der Waals surface area contributed by atoms with Gasteiger partial charge in [0.25, 0.3) is 0 Å². The lowest BCUT2D eigenvalue weighted by atomic mass is 9.80. The lowest BCUT2D eigenvalue weighted by molar-refractivity contribution is 0.0381. The van der Waals surface area contributed by atoms with Crippen molar-refractivity contribution < 1.29 is 4.74 Å². The Labute approximate surface area is 113 Å². The average Bonchev–Trinajstić information content (AvgIpc) is 3.15. The first-order chi connectivity index (χ1) is 8.49. The van der Waals surface area contributed by atoms with E-state index in [4.69, 9.17) is 4.74 Å². The molecule has 2 aliphatic carbocycles. The second-order valence-corrected chi connectivity index (χ2v) is 13.6. The molecule has 18 heavy (non-hydrogen) atoms. The minimum Gasteiger partial charge on any atom is -0.377 e. The molecule has 2 nitrogen and oxygen atoms in total. The standard InChI is InChI=1S/C15H29NOSi/c1-18(2,3)11-15(10-16-13-6-7-13)8-9-17-14(15)12-4-5-12/h12-14,16H,4-11H2,1-3H3. The van der Waals surface area contributed by atoms with E-state index in [0.29, 0.717) is 11.5 Å². The van der Waals surface area contributed by atoms with Crippen LogP contribution in [0.3, 0.4) is 0 Å². The molecule has 104 valence electrons. The summed E-state index contributed by atoms with van der Waals surface area (Å²) < 4.78 is 6.17. The van der Waals surface area contributed by atoms with Crippen molar-refractivity contribution in [1.29, 1.82) is 0 Å². The topological polar surface area (TPSA) is 21.3 Å². The molecular formula is C15H29NOSi. The fourth-order valence-electron chi connectivity index (χ4n) is 3.87. The Hall–Kier alpha value is 0.137. The molecule has 1 N–H and O–H groups in total. The number of hydrogen-bond acceptors (Lipinski definition) is 2. The van der Waals surface area contributed by atoms with Crippen LogP contribution < -0.4 is 5.32 Å². The third-order valence-corrected chi connectivity index (χ3v) is 6.52. The summed E-state index contributed by atoms with van der Waals surface area (Å²) in [6, 6.07) is 2.28. The Balaban J connectivity index is 1.71. The van der Waals surface area contributed by atoms with Crippen LogP contribution >= 0.6 is 0 Å². The Morgan fingerprint density at radius 1 is 1.17 bits per heavy atom. The van der Waals surface area contributed by atoms with Gasteiger partial charge in [-0.05, 0) is 44.1 Å². The van der Waals surface area contributed by atoms with E-state index in [9.17, 15) is 0 Å². The van der Waals surface area contributed by atoms with Crippen LogP contribution in [0, 0.1) is 11.3 Å². The molecule has 1 heterocycles. The van der Waals surface area contributed by atoms with Gasteiger partial charge in [0, 0.05) is 32.7 Å². The minimum absolute atomic E-state index is 0.480. The highest BCUT2D eigenvalue weighted by molar-refractivity contribution is 6.76. The number of ether oxygens (including phenoxy) is 1. The number of hydrogen-bond donors (Lipinski definition) is 1. The molecule has 0 radical (unpaired) electrons. The molecule has 0 amide bonds. The van der Waals surface area contributed by atoms with Crippen LogP contribution in [0.1, 0.15) is 32.1 Å². The molecule has 3 rings (SSSR count). The quantitative estimate of drug-likeness (QED) is 0.746. The largest absolute Gasteiger partial charge is 0.377 e. The van der Waals surface area contributed by atoms with Crippen LogP contribution in [-0.4, -0.2) is 33.4 Å². The van der Waals surface area contributed by atoms with Crippen LogP contribution in [0.4, 0.5) is 0 Å². The van der Waals surface area contributed by atoms with Gasteiger partial charge >= 0.3 is 0 Å². The van der Waals surface area contributed by atoms with E-state index in [1.807, 2.05) is 0 Å². The van der Waals surface area contributed by atoms with Crippen LogP contribution in [0.15, 0.2) is 0 Å². The summed E-state index contributed by atoms with van der Waals surface area (Å²) in [7, 11) is -1.03. The first kappa shape index (κ1) is 13.1. The highest BCUT2D eigenvalue weighted by Crippen LogP contribution is 2.51. The predicted molar refractivity (Wildman–Crippen MR) is 78.7 cm³/mol. The Morgan fingerprint density at radius 2 is 1.89 bits per heavy atom. The van der Waals surface area contributed by atoms with Gasteiger partial charge in [0.1, 0.15) is 0 Å². The maximum Gasteiger partial charge on any atom is 0.0669 e. The van der Waals surface area contributed by atoms with Gasteiger partial charge in [0.15, 0.2) is 0 Å². The van der Waals surface area contributed by atoms with Crippen LogP contribution in [-0.2, 0) is 4.74 Å². The molecule has 2 atom stereocenters. The lowest BCUT2D eigenvalue weighted by Gasteiger charge is -2.39. The molecule has 3 fully saturated rings. The van der Waals surface area contributed by atoms with Crippen molar-refractivity contribution in [2.24, 2.45) is 11.3 Å². The van der Waals surface area contributed by atoms with Crippen LogP contribution in [0.25, 0.3) is 0 Å². The molecule has 0 aromatic carbocycles. The maximum absolute atomic E-state index is 6.17. The minimum atomic E-state index is -1.03. The maximum atomic E-state index is 6.17. The van der Waals surface area contributed by atoms with Gasteiger partial charge in [-0.1, -0.05) is 19.6 Å². The predicted octanol–water partition coefficient (Wildman–Crippen LogP) is 3.26. The van der Waals surface area contributed by atoms with Gasteiger partial charge in [0.05, 0.1) is 6.10 Å². The highest BCUT2D eigenvalue weighted by Gasteiger charge is 2.52. The second kappa shape index (κ2) is 4.60. The molecule has 0 bridgehead atoms. The van der Waals surface area contributed by atoms with Crippen molar-refractivity contribution in [3.8, 4) is 0 Å². The molecule has 2 saturated carbocycles. The average molecular weight is 267 g/mol. The van der Waals surface area contributed by atoms with Crippen molar-refractivity contribution in [3.63, 3.8) is 0 Å². The summed E-state index contributed by atoms with van der Waals surface area (Å²) >= 11 is 0. The van der Waals surface area contributed by atoms with Crippen LogP contribution in [0.5, 0.6) is 0 Å².